The zero-order chi connectivity index (χ0) is 29.5. The molecule has 2 aromatic carbocycles. The Hall–Kier alpha value is -4.17. The zero-order valence-electron chi connectivity index (χ0n) is 22.8. The van der Waals surface area contributed by atoms with Crippen molar-refractivity contribution in [2.45, 2.75) is 42.8 Å². The molecule has 0 bridgehead atoms. The highest BCUT2D eigenvalue weighted by Gasteiger charge is 2.24. The van der Waals surface area contributed by atoms with Gasteiger partial charge in [0.15, 0.2) is 0 Å². The molecule has 7 nitrogen and oxygen atoms in total. The van der Waals surface area contributed by atoms with E-state index in [-0.39, 0.29) is 17.5 Å². The van der Waals surface area contributed by atoms with Gasteiger partial charge < -0.3 is 16.0 Å². The highest BCUT2D eigenvalue weighted by atomic mass is 32.2. The summed E-state index contributed by atoms with van der Waals surface area (Å²) >= 11 is 4.36. The van der Waals surface area contributed by atoms with Crippen LogP contribution < -0.4 is 16.0 Å². The van der Waals surface area contributed by atoms with Gasteiger partial charge in [-0.05, 0) is 97.0 Å². The number of carbonyl (C=O) groups is 3. The summed E-state index contributed by atoms with van der Waals surface area (Å²) in [4.78, 5) is 41.2. The van der Waals surface area contributed by atoms with Crippen LogP contribution in [-0.4, -0.2) is 23.0 Å². The summed E-state index contributed by atoms with van der Waals surface area (Å²) in [6.07, 6.45) is 5.64. The molecule has 42 heavy (non-hydrogen) atoms. The molecule has 2 heterocycles. The van der Waals surface area contributed by atoms with Crippen LogP contribution in [-0.2, 0) is 22.4 Å². The van der Waals surface area contributed by atoms with Crippen LogP contribution in [0.5, 0.6) is 0 Å². The SMILES string of the molecule is CC(Sc1cccc(NC(=O)/C(=C/c2ccsc2)NC(=O)c2ccccc2)c1)C(=O)Nc1sc2c(c1C#N)CCCC2. The number of anilines is 2. The summed E-state index contributed by atoms with van der Waals surface area (Å²) in [6.45, 7) is 1.81. The van der Waals surface area contributed by atoms with E-state index >= 15 is 0 Å². The Balaban J connectivity index is 1.26. The average molecular weight is 613 g/mol. The van der Waals surface area contributed by atoms with Crippen LogP contribution in [0.1, 0.15) is 51.7 Å². The maximum Gasteiger partial charge on any atom is 0.272 e. The molecule has 1 unspecified atom stereocenters. The quantitative estimate of drug-likeness (QED) is 0.138. The number of hydrogen-bond acceptors (Lipinski definition) is 7. The molecule has 0 spiro atoms. The van der Waals surface area contributed by atoms with E-state index in [1.54, 1.807) is 48.5 Å². The molecular weight excluding hydrogens is 585 g/mol. The first-order valence-corrected chi connectivity index (χ1v) is 16.1. The molecule has 4 aromatic rings. The standard InChI is InChI=1S/C32H28N4O3S3/c1-20(29(37)36-32-26(18-33)25-12-5-6-13-28(25)42-32)41-24-11-7-10-23(17-24)34-31(39)27(16-21-14-15-40-19-21)35-30(38)22-8-3-2-4-9-22/h2-4,7-11,14-17,19-20H,5-6,12-13H2,1H3,(H,34,39)(H,35,38)(H,36,37)/b27-16-. The lowest BCUT2D eigenvalue weighted by Gasteiger charge is -2.14. The van der Waals surface area contributed by atoms with E-state index in [4.69, 9.17) is 0 Å². The Labute approximate surface area is 256 Å². The van der Waals surface area contributed by atoms with Crippen LogP contribution in [0.2, 0.25) is 0 Å². The molecule has 3 amide bonds. The number of carbonyl (C=O) groups excluding carboxylic acids is 3. The van der Waals surface area contributed by atoms with Crippen LogP contribution in [0.15, 0.2) is 82.0 Å². The van der Waals surface area contributed by atoms with Crippen molar-refractivity contribution in [2.24, 2.45) is 0 Å². The number of amides is 3. The molecule has 10 heteroatoms. The molecule has 1 aliphatic rings. The molecule has 1 aliphatic carbocycles. The molecule has 212 valence electrons. The maximum absolute atomic E-state index is 13.3. The minimum Gasteiger partial charge on any atom is -0.321 e. The van der Waals surface area contributed by atoms with Crippen molar-refractivity contribution in [2.75, 3.05) is 10.6 Å². The van der Waals surface area contributed by atoms with Gasteiger partial charge in [0.25, 0.3) is 11.8 Å². The van der Waals surface area contributed by atoms with Gasteiger partial charge in [0.05, 0.1) is 10.8 Å². The van der Waals surface area contributed by atoms with Gasteiger partial charge in [-0.1, -0.05) is 24.3 Å². The summed E-state index contributed by atoms with van der Waals surface area (Å²) in [5, 5.41) is 22.3. The first kappa shape index (κ1) is 29.3. The number of fused-ring (bicyclic) bond motifs is 1. The molecule has 0 saturated carbocycles. The van der Waals surface area contributed by atoms with Gasteiger partial charge in [0.1, 0.15) is 16.8 Å². The van der Waals surface area contributed by atoms with Crippen LogP contribution in [0.25, 0.3) is 6.08 Å². The largest absolute Gasteiger partial charge is 0.321 e. The molecule has 5 rings (SSSR count). The monoisotopic (exact) mass is 612 g/mol. The number of thiophene rings is 2. The van der Waals surface area contributed by atoms with Crippen molar-refractivity contribution in [1.29, 1.82) is 5.26 Å². The average Bonchev–Trinajstić information content (AvgIpc) is 3.64. The zero-order valence-corrected chi connectivity index (χ0v) is 25.3. The lowest BCUT2D eigenvalue weighted by molar-refractivity contribution is -0.115. The van der Waals surface area contributed by atoms with Crippen molar-refractivity contribution in [3.63, 3.8) is 0 Å². The number of nitriles is 1. The van der Waals surface area contributed by atoms with Crippen molar-refractivity contribution >= 4 is 68.9 Å². The van der Waals surface area contributed by atoms with Gasteiger partial charge in [-0.3, -0.25) is 14.4 Å². The molecule has 0 saturated heterocycles. The van der Waals surface area contributed by atoms with E-state index < -0.39 is 11.2 Å². The molecule has 3 N–H and O–H groups in total. The maximum atomic E-state index is 13.3. The van der Waals surface area contributed by atoms with Crippen molar-refractivity contribution in [3.05, 3.63) is 104 Å². The molecule has 2 aromatic heterocycles. The lowest BCUT2D eigenvalue weighted by atomic mass is 9.96. The Kier molecular flexibility index (Phi) is 9.54. The summed E-state index contributed by atoms with van der Waals surface area (Å²) in [7, 11) is 0. The van der Waals surface area contributed by atoms with Gasteiger partial charge in [-0.25, -0.2) is 0 Å². The van der Waals surface area contributed by atoms with E-state index in [2.05, 4.69) is 22.0 Å². The van der Waals surface area contributed by atoms with E-state index in [1.807, 2.05) is 35.9 Å². The fourth-order valence-corrected chi connectivity index (χ4v) is 7.34. The second-order valence-corrected chi connectivity index (χ2v) is 13.0. The summed E-state index contributed by atoms with van der Waals surface area (Å²) in [5.41, 5.74) is 3.56. The second-order valence-electron chi connectivity index (χ2n) is 9.69. The van der Waals surface area contributed by atoms with Crippen molar-refractivity contribution < 1.29 is 14.4 Å². The highest BCUT2D eigenvalue weighted by molar-refractivity contribution is 8.00. The number of aryl methyl sites for hydroxylation is 1. The summed E-state index contributed by atoms with van der Waals surface area (Å²) in [5.74, 6) is -1.04. The van der Waals surface area contributed by atoms with Crippen LogP contribution in [0.4, 0.5) is 10.7 Å². The van der Waals surface area contributed by atoms with Crippen LogP contribution in [0, 0.1) is 11.3 Å². The Morgan fingerprint density at radius 2 is 1.83 bits per heavy atom. The van der Waals surface area contributed by atoms with Gasteiger partial charge in [0, 0.05) is 21.0 Å². The second kappa shape index (κ2) is 13.7. The number of rotatable bonds is 9. The predicted octanol–water partition coefficient (Wildman–Crippen LogP) is 7.09. The van der Waals surface area contributed by atoms with Crippen molar-refractivity contribution in [3.8, 4) is 6.07 Å². The Morgan fingerprint density at radius 1 is 1.02 bits per heavy atom. The van der Waals surface area contributed by atoms with Crippen molar-refractivity contribution in [1.82, 2.24) is 5.32 Å². The third-order valence-electron chi connectivity index (χ3n) is 6.68. The summed E-state index contributed by atoms with van der Waals surface area (Å²) in [6, 6.07) is 20.1. The fraction of sp³-hybridized carbons (Fsp3) is 0.188. The number of hydrogen-bond donors (Lipinski definition) is 3. The smallest absolute Gasteiger partial charge is 0.272 e. The van der Waals surface area contributed by atoms with Crippen LogP contribution in [0.3, 0.4) is 0 Å². The summed E-state index contributed by atoms with van der Waals surface area (Å²) < 4.78 is 0. The number of nitrogens with one attached hydrogen (secondary N) is 3. The van der Waals surface area contributed by atoms with Crippen LogP contribution >= 0.6 is 34.4 Å². The normalized spacial score (nSPS) is 13.4. The Bertz CT molecular complexity index is 1670. The third-order valence-corrected chi connectivity index (χ3v) is 9.68. The van der Waals surface area contributed by atoms with E-state index in [0.29, 0.717) is 21.8 Å². The molecule has 0 radical (unpaired) electrons. The molecular formula is C32H28N4O3S3. The molecule has 0 aliphatic heterocycles. The van der Waals surface area contributed by atoms with E-state index in [1.165, 1.54) is 39.3 Å². The molecule has 1 atom stereocenters. The number of nitrogens with zero attached hydrogens (tertiary/aromatic N) is 1. The van der Waals surface area contributed by atoms with Gasteiger partial charge in [0.2, 0.25) is 5.91 Å². The van der Waals surface area contributed by atoms with E-state index in [0.717, 1.165) is 41.7 Å². The van der Waals surface area contributed by atoms with Gasteiger partial charge >= 0.3 is 0 Å². The Morgan fingerprint density at radius 3 is 2.60 bits per heavy atom. The van der Waals surface area contributed by atoms with Gasteiger partial charge in [-0.2, -0.15) is 16.6 Å². The number of thioether (sulfide) groups is 1. The number of benzene rings is 2. The lowest BCUT2D eigenvalue weighted by Crippen LogP contribution is -2.30. The minimum absolute atomic E-state index is 0.111. The minimum atomic E-state index is -0.468. The fourth-order valence-electron chi connectivity index (χ4n) is 4.56. The first-order chi connectivity index (χ1) is 20.4. The van der Waals surface area contributed by atoms with Gasteiger partial charge in [-0.15, -0.1) is 23.1 Å². The molecule has 0 fully saturated rings. The predicted molar refractivity (Wildman–Crippen MR) is 171 cm³/mol. The topological polar surface area (TPSA) is 111 Å². The highest BCUT2D eigenvalue weighted by Crippen LogP contribution is 2.38. The third kappa shape index (κ3) is 7.18. The first-order valence-electron chi connectivity index (χ1n) is 13.4. The van der Waals surface area contributed by atoms with E-state index in [9.17, 15) is 19.6 Å².